The molecule has 0 bridgehead atoms. The number of hydrogen-bond acceptors (Lipinski definition) is 3. The first-order chi connectivity index (χ1) is 6.50. The molecule has 0 aromatic carbocycles. The van der Waals surface area contributed by atoms with Crippen LogP contribution in [-0.4, -0.2) is 28.1 Å². The SMILES string of the molecule is CC(C)CC1SCC(CC(=O)O)C1N. The molecule has 3 N–H and O–H groups in total. The van der Waals surface area contributed by atoms with Crippen molar-refractivity contribution >= 4 is 17.7 Å². The van der Waals surface area contributed by atoms with Crippen LogP contribution in [0.5, 0.6) is 0 Å². The van der Waals surface area contributed by atoms with Crippen LogP contribution in [0.4, 0.5) is 0 Å². The van der Waals surface area contributed by atoms with Gasteiger partial charge in [0.1, 0.15) is 0 Å². The molecule has 0 amide bonds. The highest BCUT2D eigenvalue weighted by Gasteiger charge is 2.35. The maximum absolute atomic E-state index is 10.6. The molecule has 3 atom stereocenters. The predicted molar refractivity (Wildman–Crippen MR) is 59.4 cm³/mol. The third-order valence-corrected chi connectivity index (χ3v) is 4.19. The number of hydrogen-bond donors (Lipinski definition) is 2. The standard InChI is InChI=1S/C10H19NO2S/c1-6(2)3-8-10(11)7(5-14-8)4-9(12)13/h6-8,10H,3-5,11H2,1-2H3,(H,12,13). The van der Waals surface area contributed by atoms with E-state index in [1.807, 2.05) is 11.8 Å². The number of carboxylic acids is 1. The summed E-state index contributed by atoms with van der Waals surface area (Å²) in [6.45, 7) is 4.36. The van der Waals surface area contributed by atoms with Crippen molar-refractivity contribution < 1.29 is 9.90 Å². The number of nitrogens with two attached hydrogens (primary N) is 1. The summed E-state index contributed by atoms with van der Waals surface area (Å²) in [7, 11) is 0. The first kappa shape index (κ1) is 11.9. The van der Waals surface area contributed by atoms with Gasteiger partial charge in [-0.05, 0) is 24.0 Å². The molecule has 1 saturated heterocycles. The van der Waals surface area contributed by atoms with Crippen molar-refractivity contribution in [3.8, 4) is 0 Å². The molecular weight excluding hydrogens is 198 g/mol. The molecule has 0 radical (unpaired) electrons. The van der Waals surface area contributed by atoms with E-state index in [1.165, 1.54) is 0 Å². The number of thioether (sulfide) groups is 1. The van der Waals surface area contributed by atoms with E-state index in [2.05, 4.69) is 13.8 Å². The molecule has 0 aliphatic carbocycles. The maximum atomic E-state index is 10.6. The van der Waals surface area contributed by atoms with Crippen LogP contribution >= 0.6 is 11.8 Å². The average molecular weight is 217 g/mol. The highest BCUT2D eigenvalue weighted by atomic mass is 32.2. The molecule has 0 saturated carbocycles. The topological polar surface area (TPSA) is 63.3 Å². The van der Waals surface area contributed by atoms with Crippen LogP contribution in [0.2, 0.25) is 0 Å². The van der Waals surface area contributed by atoms with E-state index >= 15 is 0 Å². The molecule has 0 aromatic rings. The third kappa shape index (κ3) is 3.17. The fourth-order valence-electron chi connectivity index (χ4n) is 1.88. The Balaban J connectivity index is 2.42. The van der Waals surface area contributed by atoms with Gasteiger partial charge in [-0.1, -0.05) is 13.8 Å². The molecule has 1 heterocycles. The van der Waals surface area contributed by atoms with Gasteiger partial charge in [0.05, 0.1) is 6.42 Å². The molecule has 1 rings (SSSR count). The molecule has 0 aromatic heterocycles. The lowest BCUT2D eigenvalue weighted by Crippen LogP contribution is -2.36. The average Bonchev–Trinajstić information content (AvgIpc) is 2.34. The zero-order valence-corrected chi connectivity index (χ0v) is 9.59. The van der Waals surface area contributed by atoms with Crippen molar-refractivity contribution in [1.82, 2.24) is 0 Å². The molecule has 1 fully saturated rings. The summed E-state index contributed by atoms with van der Waals surface area (Å²) in [4.78, 5) is 10.6. The second-order valence-electron chi connectivity index (χ2n) is 4.44. The van der Waals surface area contributed by atoms with Crippen LogP contribution in [-0.2, 0) is 4.79 Å². The van der Waals surface area contributed by atoms with Gasteiger partial charge in [-0.2, -0.15) is 11.8 Å². The lowest BCUT2D eigenvalue weighted by atomic mass is 9.92. The van der Waals surface area contributed by atoms with E-state index < -0.39 is 5.97 Å². The highest BCUT2D eigenvalue weighted by molar-refractivity contribution is 8.00. The molecule has 3 nitrogen and oxygen atoms in total. The Kier molecular flexibility index (Phi) is 4.26. The largest absolute Gasteiger partial charge is 0.481 e. The minimum Gasteiger partial charge on any atom is -0.481 e. The summed E-state index contributed by atoms with van der Waals surface area (Å²) in [5, 5.41) is 9.15. The molecular formula is C10H19NO2S. The van der Waals surface area contributed by atoms with Crippen molar-refractivity contribution in [2.45, 2.75) is 38.0 Å². The lowest BCUT2D eigenvalue weighted by molar-refractivity contribution is -0.138. The molecule has 0 spiro atoms. The molecule has 14 heavy (non-hydrogen) atoms. The Labute approximate surface area is 89.4 Å². The van der Waals surface area contributed by atoms with Crippen LogP contribution in [0, 0.1) is 11.8 Å². The minimum atomic E-state index is -0.726. The fraction of sp³-hybridized carbons (Fsp3) is 0.900. The van der Waals surface area contributed by atoms with Crippen molar-refractivity contribution in [3.63, 3.8) is 0 Å². The zero-order valence-electron chi connectivity index (χ0n) is 8.77. The Bertz CT molecular complexity index is 208. The van der Waals surface area contributed by atoms with E-state index in [9.17, 15) is 4.79 Å². The van der Waals surface area contributed by atoms with E-state index in [-0.39, 0.29) is 18.4 Å². The molecule has 1 aliphatic rings. The Hall–Kier alpha value is -0.220. The lowest BCUT2D eigenvalue weighted by Gasteiger charge is -2.19. The zero-order chi connectivity index (χ0) is 10.7. The number of carboxylic acid groups (broad SMARTS) is 1. The van der Waals surface area contributed by atoms with Crippen molar-refractivity contribution in [1.29, 1.82) is 0 Å². The van der Waals surface area contributed by atoms with Crippen molar-refractivity contribution in [3.05, 3.63) is 0 Å². The first-order valence-electron chi connectivity index (χ1n) is 5.09. The van der Waals surface area contributed by atoms with Crippen LogP contribution in [0.25, 0.3) is 0 Å². The van der Waals surface area contributed by atoms with Crippen molar-refractivity contribution in [2.24, 2.45) is 17.6 Å². The molecule has 1 aliphatic heterocycles. The van der Waals surface area contributed by atoms with Crippen LogP contribution in [0.1, 0.15) is 26.7 Å². The van der Waals surface area contributed by atoms with Gasteiger partial charge in [-0.15, -0.1) is 0 Å². The summed E-state index contributed by atoms with van der Waals surface area (Å²) in [6, 6.07) is 0.0681. The van der Waals surface area contributed by atoms with Crippen molar-refractivity contribution in [2.75, 3.05) is 5.75 Å². The minimum absolute atomic E-state index is 0.0681. The number of carbonyl (C=O) groups is 1. The second-order valence-corrected chi connectivity index (χ2v) is 5.71. The fourth-order valence-corrected chi connectivity index (χ4v) is 3.68. The summed E-state index contributed by atoms with van der Waals surface area (Å²) in [6.07, 6.45) is 1.32. The first-order valence-corrected chi connectivity index (χ1v) is 6.14. The summed E-state index contributed by atoms with van der Waals surface area (Å²) in [5.74, 6) is 0.991. The highest BCUT2D eigenvalue weighted by Crippen LogP contribution is 2.35. The summed E-state index contributed by atoms with van der Waals surface area (Å²) >= 11 is 1.84. The Morgan fingerprint density at radius 3 is 2.79 bits per heavy atom. The van der Waals surface area contributed by atoms with Gasteiger partial charge in [0, 0.05) is 11.3 Å². The molecule has 4 heteroatoms. The van der Waals surface area contributed by atoms with E-state index in [0.717, 1.165) is 12.2 Å². The van der Waals surface area contributed by atoms with Crippen LogP contribution in [0.3, 0.4) is 0 Å². The monoisotopic (exact) mass is 217 g/mol. The van der Waals surface area contributed by atoms with Crippen LogP contribution in [0.15, 0.2) is 0 Å². The number of aliphatic carboxylic acids is 1. The smallest absolute Gasteiger partial charge is 0.303 e. The van der Waals surface area contributed by atoms with Gasteiger partial charge in [-0.3, -0.25) is 4.79 Å². The summed E-state index contributed by atoms with van der Waals surface area (Å²) in [5.41, 5.74) is 6.04. The predicted octanol–water partition coefficient (Wildman–Crippen LogP) is 1.57. The van der Waals surface area contributed by atoms with E-state index in [4.69, 9.17) is 10.8 Å². The number of rotatable bonds is 4. The molecule has 82 valence electrons. The summed E-state index contributed by atoms with van der Waals surface area (Å²) < 4.78 is 0. The van der Waals surface area contributed by atoms with Gasteiger partial charge in [0.25, 0.3) is 0 Å². The van der Waals surface area contributed by atoms with E-state index in [1.54, 1.807) is 0 Å². The van der Waals surface area contributed by atoms with Gasteiger partial charge in [0.15, 0.2) is 0 Å². The van der Waals surface area contributed by atoms with Gasteiger partial charge in [0.2, 0.25) is 0 Å². The van der Waals surface area contributed by atoms with Gasteiger partial charge < -0.3 is 10.8 Å². The van der Waals surface area contributed by atoms with Gasteiger partial charge in [-0.25, -0.2) is 0 Å². The third-order valence-electron chi connectivity index (χ3n) is 2.64. The van der Waals surface area contributed by atoms with Crippen LogP contribution < -0.4 is 5.73 Å². The normalized spacial score (nSPS) is 32.4. The second kappa shape index (κ2) is 5.03. The molecule has 3 unspecified atom stereocenters. The maximum Gasteiger partial charge on any atom is 0.303 e. The van der Waals surface area contributed by atoms with Gasteiger partial charge >= 0.3 is 5.97 Å². The van der Waals surface area contributed by atoms with E-state index in [0.29, 0.717) is 11.2 Å². The Morgan fingerprint density at radius 1 is 1.64 bits per heavy atom. The Morgan fingerprint density at radius 2 is 2.29 bits per heavy atom. The quantitative estimate of drug-likeness (QED) is 0.750.